The number of guanidine groups is 1. The van der Waals surface area contributed by atoms with E-state index in [1.807, 2.05) is 0 Å². The van der Waals surface area contributed by atoms with Crippen LogP contribution >= 0.6 is 15.9 Å². The van der Waals surface area contributed by atoms with Crippen molar-refractivity contribution in [2.45, 2.75) is 13.3 Å². The number of terminal acetylenes is 1. The molecule has 0 bridgehead atoms. The summed E-state index contributed by atoms with van der Waals surface area (Å²) in [5, 5.41) is 6.34. The molecule has 1 aliphatic heterocycles. The van der Waals surface area contributed by atoms with Crippen molar-refractivity contribution in [3.8, 4) is 12.3 Å². The van der Waals surface area contributed by atoms with Crippen LogP contribution in [0.2, 0.25) is 0 Å². The lowest BCUT2D eigenvalue weighted by Crippen LogP contribution is -2.37. The van der Waals surface area contributed by atoms with E-state index in [-0.39, 0.29) is 0 Å². The van der Waals surface area contributed by atoms with Crippen molar-refractivity contribution in [3.05, 3.63) is 28.7 Å². The third-order valence-corrected chi connectivity index (χ3v) is 4.22. The first kappa shape index (κ1) is 16.7. The largest absolute Gasteiger partial charge is 0.371 e. The fourth-order valence-electron chi connectivity index (χ4n) is 2.56. The quantitative estimate of drug-likeness (QED) is 0.480. The molecule has 4 nitrogen and oxygen atoms in total. The number of hydrogen-bond donors (Lipinski definition) is 2. The van der Waals surface area contributed by atoms with Gasteiger partial charge in [-0.1, -0.05) is 21.9 Å². The van der Waals surface area contributed by atoms with Crippen LogP contribution in [-0.4, -0.2) is 38.7 Å². The van der Waals surface area contributed by atoms with Crippen molar-refractivity contribution >= 4 is 27.6 Å². The third-order valence-electron chi connectivity index (χ3n) is 3.69. The molecule has 0 amide bonds. The summed E-state index contributed by atoms with van der Waals surface area (Å²) in [5.74, 6) is 3.97. The van der Waals surface area contributed by atoms with Gasteiger partial charge in [-0.15, -0.1) is 6.42 Å². The highest BCUT2D eigenvalue weighted by atomic mass is 79.9. The van der Waals surface area contributed by atoms with Gasteiger partial charge in [-0.25, -0.2) is 0 Å². The molecule has 22 heavy (non-hydrogen) atoms. The Morgan fingerprint density at radius 3 is 2.86 bits per heavy atom. The fourth-order valence-corrected chi connectivity index (χ4v) is 2.83. The molecule has 1 aromatic carbocycles. The molecule has 1 fully saturated rings. The number of rotatable bonds is 5. The van der Waals surface area contributed by atoms with Crippen LogP contribution in [0.5, 0.6) is 0 Å². The summed E-state index contributed by atoms with van der Waals surface area (Å²) in [4.78, 5) is 7.06. The molecule has 0 aromatic heterocycles. The zero-order valence-corrected chi connectivity index (χ0v) is 14.6. The topological polar surface area (TPSA) is 39.7 Å². The van der Waals surface area contributed by atoms with Crippen LogP contribution in [0.3, 0.4) is 0 Å². The summed E-state index contributed by atoms with van der Waals surface area (Å²) in [6, 6.07) is 8.50. The summed E-state index contributed by atoms with van der Waals surface area (Å²) in [6.45, 7) is 6.37. The smallest absolute Gasteiger partial charge is 0.192 e. The van der Waals surface area contributed by atoms with Crippen molar-refractivity contribution in [2.24, 2.45) is 10.9 Å². The number of benzene rings is 1. The van der Waals surface area contributed by atoms with Gasteiger partial charge in [0.05, 0.1) is 6.54 Å². The number of halogens is 1. The molecule has 2 N–H and O–H groups in total. The molecular formula is C17H23BrN4. The van der Waals surface area contributed by atoms with Gasteiger partial charge in [0.1, 0.15) is 0 Å². The Morgan fingerprint density at radius 1 is 1.41 bits per heavy atom. The van der Waals surface area contributed by atoms with Crippen LogP contribution < -0.4 is 15.5 Å². The standard InChI is InChI=1S/C17H23BrN4/c1-3-10-20-17(19-4-2)21-12-14-9-11-22(13-14)16-7-5-15(18)6-8-16/h1,5-8,14H,4,9-13H2,2H3,(H2,19,20,21). The second-order valence-corrected chi connectivity index (χ2v) is 6.27. The molecule has 0 aliphatic carbocycles. The summed E-state index contributed by atoms with van der Waals surface area (Å²) < 4.78 is 1.12. The maximum Gasteiger partial charge on any atom is 0.192 e. The molecule has 1 unspecified atom stereocenters. The summed E-state index contributed by atoms with van der Waals surface area (Å²) in [5.41, 5.74) is 1.28. The lowest BCUT2D eigenvalue weighted by Gasteiger charge is -2.18. The Morgan fingerprint density at radius 2 is 2.18 bits per heavy atom. The van der Waals surface area contributed by atoms with E-state index in [4.69, 9.17) is 6.42 Å². The van der Waals surface area contributed by atoms with Crippen LogP contribution in [-0.2, 0) is 0 Å². The van der Waals surface area contributed by atoms with Gasteiger partial charge in [0, 0.05) is 36.3 Å². The number of hydrogen-bond acceptors (Lipinski definition) is 2. The maximum atomic E-state index is 5.28. The van der Waals surface area contributed by atoms with Gasteiger partial charge in [0.15, 0.2) is 5.96 Å². The SMILES string of the molecule is C#CCNC(=NCC1CCN(c2ccc(Br)cc2)C1)NCC. The van der Waals surface area contributed by atoms with Crippen LogP contribution in [0.15, 0.2) is 33.7 Å². The van der Waals surface area contributed by atoms with Gasteiger partial charge in [0.25, 0.3) is 0 Å². The zero-order valence-electron chi connectivity index (χ0n) is 13.0. The van der Waals surface area contributed by atoms with E-state index >= 15 is 0 Å². The maximum absolute atomic E-state index is 5.28. The van der Waals surface area contributed by atoms with E-state index in [0.29, 0.717) is 12.5 Å². The Labute approximate surface area is 141 Å². The minimum Gasteiger partial charge on any atom is -0.371 e. The Balaban J connectivity index is 1.87. The lowest BCUT2D eigenvalue weighted by atomic mass is 10.1. The van der Waals surface area contributed by atoms with Gasteiger partial charge < -0.3 is 15.5 Å². The van der Waals surface area contributed by atoms with E-state index in [1.54, 1.807) is 0 Å². The molecule has 0 radical (unpaired) electrons. The molecule has 1 aliphatic rings. The first-order valence-electron chi connectivity index (χ1n) is 7.69. The first-order chi connectivity index (χ1) is 10.7. The minimum atomic E-state index is 0.502. The molecule has 0 saturated carbocycles. The number of anilines is 1. The average molecular weight is 363 g/mol. The molecule has 2 rings (SSSR count). The van der Waals surface area contributed by atoms with Crippen LogP contribution in [0.25, 0.3) is 0 Å². The van der Waals surface area contributed by atoms with Gasteiger partial charge in [-0.05, 0) is 43.5 Å². The van der Waals surface area contributed by atoms with Crippen LogP contribution in [0.1, 0.15) is 13.3 Å². The van der Waals surface area contributed by atoms with E-state index in [1.165, 1.54) is 12.1 Å². The van der Waals surface area contributed by atoms with E-state index in [9.17, 15) is 0 Å². The predicted octanol–water partition coefficient (Wildman–Crippen LogP) is 2.46. The van der Waals surface area contributed by atoms with E-state index in [0.717, 1.165) is 36.6 Å². The molecule has 5 heteroatoms. The highest BCUT2D eigenvalue weighted by Gasteiger charge is 2.22. The molecular weight excluding hydrogens is 340 g/mol. The summed E-state index contributed by atoms with van der Waals surface area (Å²) in [7, 11) is 0. The summed E-state index contributed by atoms with van der Waals surface area (Å²) >= 11 is 3.48. The van der Waals surface area contributed by atoms with Crippen LogP contribution in [0, 0.1) is 18.3 Å². The van der Waals surface area contributed by atoms with Gasteiger partial charge >= 0.3 is 0 Å². The summed E-state index contributed by atoms with van der Waals surface area (Å²) in [6.07, 6.45) is 6.45. The van der Waals surface area contributed by atoms with Gasteiger partial charge in [-0.2, -0.15) is 0 Å². The number of nitrogens with one attached hydrogen (secondary N) is 2. The Hall–Kier alpha value is -1.67. The molecule has 1 aromatic rings. The van der Waals surface area contributed by atoms with Gasteiger partial charge in [-0.3, -0.25) is 4.99 Å². The highest BCUT2D eigenvalue weighted by Crippen LogP contribution is 2.25. The van der Waals surface area contributed by atoms with Crippen molar-refractivity contribution in [1.29, 1.82) is 0 Å². The number of nitrogens with zero attached hydrogens (tertiary/aromatic N) is 2. The normalized spacial score (nSPS) is 18.1. The van der Waals surface area contributed by atoms with Gasteiger partial charge in [0.2, 0.25) is 0 Å². The van der Waals surface area contributed by atoms with E-state index < -0.39 is 0 Å². The van der Waals surface area contributed by atoms with Crippen molar-refractivity contribution in [2.75, 3.05) is 37.6 Å². The van der Waals surface area contributed by atoms with Crippen molar-refractivity contribution < 1.29 is 0 Å². The Kier molecular flexibility index (Phi) is 6.60. The second kappa shape index (κ2) is 8.70. The van der Waals surface area contributed by atoms with Crippen molar-refractivity contribution in [1.82, 2.24) is 10.6 Å². The molecule has 1 atom stereocenters. The molecule has 0 spiro atoms. The highest BCUT2D eigenvalue weighted by molar-refractivity contribution is 9.10. The monoisotopic (exact) mass is 362 g/mol. The third kappa shape index (κ3) is 4.96. The predicted molar refractivity (Wildman–Crippen MR) is 97.3 cm³/mol. The molecule has 118 valence electrons. The molecule has 1 heterocycles. The second-order valence-electron chi connectivity index (χ2n) is 5.35. The minimum absolute atomic E-state index is 0.502. The zero-order chi connectivity index (χ0) is 15.8. The van der Waals surface area contributed by atoms with Crippen molar-refractivity contribution in [3.63, 3.8) is 0 Å². The average Bonchev–Trinajstić information content (AvgIpc) is 3.00. The number of aliphatic imine (C=N–C) groups is 1. The van der Waals surface area contributed by atoms with E-state index in [2.05, 4.69) is 73.6 Å². The van der Waals surface area contributed by atoms with Crippen LogP contribution in [0.4, 0.5) is 5.69 Å². The fraction of sp³-hybridized carbons (Fsp3) is 0.471. The first-order valence-corrected chi connectivity index (χ1v) is 8.48. The Bertz CT molecular complexity index is 533. The lowest BCUT2D eigenvalue weighted by molar-refractivity contribution is 0.600. The molecule has 1 saturated heterocycles.